The van der Waals surface area contributed by atoms with Crippen LogP contribution in [0.15, 0.2) is 40.6 Å². The molecule has 0 amide bonds. The maximum Gasteiger partial charge on any atom is 0.238 e. The SMILES string of the molecule is NS(=O)(=O)c1cccc(NCc2cc(Cl)cs2)c1. The first-order valence-electron chi connectivity index (χ1n) is 5.05. The van der Waals surface area contributed by atoms with Crippen LogP contribution < -0.4 is 10.5 Å². The number of hydrogen-bond donors (Lipinski definition) is 2. The number of hydrogen-bond acceptors (Lipinski definition) is 4. The number of nitrogens with two attached hydrogens (primary N) is 1. The van der Waals surface area contributed by atoms with Crippen molar-refractivity contribution in [3.63, 3.8) is 0 Å². The maximum atomic E-state index is 11.2. The van der Waals surface area contributed by atoms with Gasteiger partial charge in [0.1, 0.15) is 0 Å². The molecule has 3 N–H and O–H groups in total. The zero-order chi connectivity index (χ0) is 13.2. The van der Waals surface area contributed by atoms with Crippen LogP contribution in [0, 0.1) is 0 Å². The molecule has 2 aromatic rings. The number of nitrogens with one attached hydrogen (secondary N) is 1. The van der Waals surface area contributed by atoms with Crippen molar-refractivity contribution in [2.24, 2.45) is 5.14 Å². The number of anilines is 1. The molecule has 0 radical (unpaired) electrons. The summed E-state index contributed by atoms with van der Waals surface area (Å²) in [7, 11) is -3.66. The third kappa shape index (κ3) is 3.46. The highest BCUT2D eigenvalue weighted by atomic mass is 35.5. The average molecular weight is 303 g/mol. The van der Waals surface area contributed by atoms with Crippen LogP contribution >= 0.6 is 22.9 Å². The van der Waals surface area contributed by atoms with Crippen molar-refractivity contribution in [1.29, 1.82) is 0 Å². The molecule has 96 valence electrons. The van der Waals surface area contributed by atoms with E-state index in [1.54, 1.807) is 23.5 Å². The third-order valence-electron chi connectivity index (χ3n) is 2.25. The molecule has 0 atom stereocenters. The molecule has 4 nitrogen and oxygen atoms in total. The highest BCUT2D eigenvalue weighted by Gasteiger charge is 2.07. The van der Waals surface area contributed by atoms with E-state index < -0.39 is 10.0 Å². The fourth-order valence-corrected chi connectivity index (χ4v) is 2.99. The van der Waals surface area contributed by atoms with Gasteiger partial charge in [0, 0.05) is 22.5 Å². The van der Waals surface area contributed by atoms with Gasteiger partial charge in [0.25, 0.3) is 0 Å². The van der Waals surface area contributed by atoms with Gasteiger partial charge in [-0.25, -0.2) is 13.6 Å². The Morgan fingerprint density at radius 2 is 2.11 bits per heavy atom. The van der Waals surface area contributed by atoms with E-state index >= 15 is 0 Å². The summed E-state index contributed by atoms with van der Waals surface area (Å²) in [5.74, 6) is 0. The lowest BCUT2D eigenvalue weighted by molar-refractivity contribution is 0.598. The Labute approximate surface area is 114 Å². The fourth-order valence-electron chi connectivity index (χ4n) is 1.42. The molecular formula is C11H11ClN2O2S2. The van der Waals surface area contributed by atoms with E-state index in [9.17, 15) is 8.42 Å². The smallest absolute Gasteiger partial charge is 0.238 e. The molecule has 2 rings (SSSR count). The molecule has 18 heavy (non-hydrogen) atoms. The van der Waals surface area contributed by atoms with E-state index in [2.05, 4.69) is 5.32 Å². The van der Waals surface area contributed by atoms with Crippen LogP contribution in [0.4, 0.5) is 5.69 Å². The Balaban J connectivity index is 2.11. The average Bonchev–Trinajstić information content (AvgIpc) is 2.72. The number of rotatable bonds is 4. The van der Waals surface area contributed by atoms with Crippen LogP contribution in [0.2, 0.25) is 5.02 Å². The minimum Gasteiger partial charge on any atom is -0.380 e. The van der Waals surface area contributed by atoms with Gasteiger partial charge in [-0.2, -0.15) is 0 Å². The van der Waals surface area contributed by atoms with Gasteiger partial charge in [0.2, 0.25) is 10.0 Å². The maximum absolute atomic E-state index is 11.2. The molecule has 0 saturated carbocycles. The van der Waals surface area contributed by atoms with Gasteiger partial charge < -0.3 is 5.32 Å². The molecule has 0 aliphatic carbocycles. The number of halogens is 1. The van der Waals surface area contributed by atoms with Crippen molar-refractivity contribution in [2.45, 2.75) is 11.4 Å². The molecule has 0 bridgehead atoms. The molecule has 0 saturated heterocycles. The Hall–Kier alpha value is -1.08. The largest absolute Gasteiger partial charge is 0.380 e. The van der Waals surface area contributed by atoms with Crippen LogP contribution in [0.5, 0.6) is 0 Å². The van der Waals surface area contributed by atoms with Crippen LogP contribution in [-0.4, -0.2) is 8.42 Å². The number of benzene rings is 1. The van der Waals surface area contributed by atoms with Gasteiger partial charge in [0.15, 0.2) is 0 Å². The number of primary sulfonamides is 1. The van der Waals surface area contributed by atoms with Crippen molar-refractivity contribution in [3.05, 3.63) is 45.6 Å². The molecule has 1 heterocycles. The lowest BCUT2D eigenvalue weighted by atomic mass is 10.3. The normalized spacial score (nSPS) is 11.4. The number of thiophene rings is 1. The van der Waals surface area contributed by atoms with E-state index in [4.69, 9.17) is 16.7 Å². The van der Waals surface area contributed by atoms with E-state index in [0.29, 0.717) is 17.3 Å². The van der Waals surface area contributed by atoms with Crippen LogP contribution in [-0.2, 0) is 16.6 Å². The van der Waals surface area contributed by atoms with Crippen molar-refractivity contribution in [2.75, 3.05) is 5.32 Å². The van der Waals surface area contributed by atoms with Crippen molar-refractivity contribution in [3.8, 4) is 0 Å². The summed E-state index contributed by atoms with van der Waals surface area (Å²) in [4.78, 5) is 1.16. The summed E-state index contributed by atoms with van der Waals surface area (Å²) < 4.78 is 22.4. The van der Waals surface area contributed by atoms with Gasteiger partial charge in [0.05, 0.1) is 9.92 Å². The lowest BCUT2D eigenvalue weighted by Gasteiger charge is -2.06. The summed E-state index contributed by atoms with van der Waals surface area (Å²) in [5.41, 5.74) is 0.700. The van der Waals surface area contributed by atoms with Gasteiger partial charge in [-0.05, 0) is 24.3 Å². The van der Waals surface area contributed by atoms with Crippen LogP contribution in [0.25, 0.3) is 0 Å². The van der Waals surface area contributed by atoms with Gasteiger partial charge >= 0.3 is 0 Å². The van der Waals surface area contributed by atoms with Crippen LogP contribution in [0.1, 0.15) is 4.88 Å². The van der Waals surface area contributed by atoms with Gasteiger partial charge in [-0.3, -0.25) is 0 Å². The monoisotopic (exact) mass is 302 g/mol. The quantitative estimate of drug-likeness (QED) is 0.912. The van der Waals surface area contributed by atoms with Gasteiger partial charge in [-0.1, -0.05) is 17.7 Å². The molecule has 0 unspecified atom stereocenters. The minimum atomic E-state index is -3.66. The molecule has 0 aliphatic heterocycles. The first-order chi connectivity index (χ1) is 8.45. The third-order valence-corrected chi connectivity index (χ3v) is 4.45. The second kappa shape index (κ2) is 5.27. The molecule has 1 aromatic heterocycles. The zero-order valence-corrected chi connectivity index (χ0v) is 11.6. The van der Waals surface area contributed by atoms with E-state index in [0.717, 1.165) is 4.88 Å². The standard InChI is InChI=1S/C11H11ClN2O2S2/c12-8-4-10(17-7-8)6-14-9-2-1-3-11(5-9)18(13,15)16/h1-5,7,14H,6H2,(H2,13,15,16). The zero-order valence-electron chi connectivity index (χ0n) is 9.26. The Kier molecular flexibility index (Phi) is 3.91. The second-order valence-corrected chi connectivity index (χ2v) is 6.65. The second-order valence-electron chi connectivity index (χ2n) is 3.66. The molecule has 0 spiro atoms. The van der Waals surface area contributed by atoms with Crippen molar-refractivity contribution >= 4 is 38.6 Å². The Bertz CT molecular complexity index is 653. The molecular weight excluding hydrogens is 292 g/mol. The van der Waals surface area contributed by atoms with E-state index in [-0.39, 0.29) is 4.90 Å². The molecule has 7 heteroatoms. The fraction of sp³-hybridized carbons (Fsp3) is 0.0909. The first kappa shape index (κ1) is 13.4. The van der Waals surface area contributed by atoms with Crippen molar-refractivity contribution in [1.82, 2.24) is 0 Å². The minimum absolute atomic E-state index is 0.0942. The summed E-state index contributed by atoms with van der Waals surface area (Å²) in [6.45, 7) is 0.589. The van der Waals surface area contributed by atoms with E-state index in [1.807, 2.05) is 11.4 Å². The molecule has 0 fully saturated rings. The first-order valence-corrected chi connectivity index (χ1v) is 7.85. The molecule has 0 aliphatic rings. The highest BCUT2D eigenvalue weighted by Crippen LogP contribution is 2.21. The highest BCUT2D eigenvalue weighted by molar-refractivity contribution is 7.89. The summed E-state index contributed by atoms with van der Waals surface area (Å²) in [6, 6.07) is 8.25. The van der Waals surface area contributed by atoms with Crippen molar-refractivity contribution < 1.29 is 8.42 Å². The summed E-state index contributed by atoms with van der Waals surface area (Å²) >= 11 is 7.36. The predicted octanol–water partition coefficient (Wildman–Crippen LogP) is 2.66. The van der Waals surface area contributed by atoms with Crippen LogP contribution in [0.3, 0.4) is 0 Å². The Morgan fingerprint density at radius 1 is 1.33 bits per heavy atom. The van der Waals surface area contributed by atoms with E-state index in [1.165, 1.54) is 12.1 Å². The Morgan fingerprint density at radius 3 is 2.72 bits per heavy atom. The lowest BCUT2D eigenvalue weighted by Crippen LogP contribution is -2.12. The molecule has 1 aromatic carbocycles. The number of sulfonamides is 1. The predicted molar refractivity (Wildman–Crippen MR) is 74.5 cm³/mol. The topological polar surface area (TPSA) is 72.2 Å². The summed E-state index contributed by atoms with van der Waals surface area (Å²) in [6.07, 6.45) is 0. The summed E-state index contributed by atoms with van der Waals surface area (Å²) in [5, 5.41) is 10.7. The van der Waals surface area contributed by atoms with Gasteiger partial charge in [-0.15, -0.1) is 11.3 Å².